The molecule has 190 valence electrons. The zero-order valence-electron chi connectivity index (χ0n) is 17.3. The maximum Gasteiger partial charge on any atom is 0.351 e. The third-order valence-electron chi connectivity index (χ3n) is 4.73. The molecule has 1 fully saturated rings. The van der Waals surface area contributed by atoms with Crippen molar-refractivity contribution in [3.8, 4) is 0 Å². The van der Waals surface area contributed by atoms with Gasteiger partial charge in [-0.1, -0.05) is 0 Å². The molecule has 1 aliphatic heterocycles. The van der Waals surface area contributed by atoms with Gasteiger partial charge < -0.3 is 54.8 Å². The van der Waals surface area contributed by atoms with Crippen molar-refractivity contribution in [1.82, 2.24) is 9.55 Å². The van der Waals surface area contributed by atoms with Gasteiger partial charge in [-0.2, -0.15) is 4.98 Å². The number of nitrogens with zero attached hydrogens (tertiary/aromatic N) is 2. The maximum absolute atomic E-state index is 12.2. The van der Waals surface area contributed by atoms with E-state index < -0.39 is 82.8 Å². The summed E-state index contributed by atoms with van der Waals surface area (Å²) in [5, 5.41) is 48.5. The highest BCUT2D eigenvalue weighted by atomic mass is 31.2. The molecule has 1 aromatic rings. The molecule has 33 heavy (non-hydrogen) atoms. The van der Waals surface area contributed by atoms with E-state index in [2.05, 4.69) is 9.51 Å². The minimum Gasteiger partial charge on any atom is -0.393 e. The number of ether oxygens (including phenoxy) is 1. The fourth-order valence-corrected chi connectivity index (χ4v) is 5.90. The Morgan fingerprint density at radius 1 is 1.27 bits per heavy atom. The van der Waals surface area contributed by atoms with E-state index in [0.29, 0.717) is 0 Å². The Bertz CT molecular complexity index is 973. The molecular formula is C15H27N3O13P2. The third-order valence-corrected chi connectivity index (χ3v) is 8.70. The Kier molecular flexibility index (Phi) is 8.95. The molecule has 0 radical (unpaired) electrons. The molecule has 0 aliphatic carbocycles. The molecule has 1 aliphatic rings. The average Bonchev–Trinajstić information content (AvgIpc) is 2.98. The van der Waals surface area contributed by atoms with Crippen LogP contribution in [0.4, 0.5) is 5.82 Å². The second-order valence-electron chi connectivity index (χ2n) is 7.63. The van der Waals surface area contributed by atoms with Crippen molar-refractivity contribution < 1.29 is 58.2 Å². The first-order valence-electron chi connectivity index (χ1n) is 9.39. The summed E-state index contributed by atoms with van der Waals surface area (Å²) in [4.78, 5) is 35.0. The minimum absolute atomic E-state index is 0.0893. The number of nitrogens with two attached hydrogens (primary N) is 1. The van der Waals surface area contributed by atoms with Crippen LogP contribution < -0.4 is 11.4 Å². The highest BCUT2D eigenvalue weighted by Crippen LogP contribution is 2.58. The lowest BCUT2D eigenvalue weighted by molar-refractivity contribution is -0.106. The molecule has 2 heterocycles. The average molecular weight is 519 g/mol. The van der Waals surface area contributed by atoms with Crippen LogP contribution in [-0.2, 0) is 22.9 Å². The van der Waals surface area contributed by atoms with Crippen LogP contribution in [0.15, 0.2) is 17.1 Å². The van der Waals surface area contributed by atoms with Gasteiger partial charge in [-0.3, -0.25) is 13.7 Å². The Balaban J connectivity index is 1.96. The summed E-state index contributed by atoms with van der Waals surface area (Å²) < 4.78 is 39.7. The van der Waals surface area contributed by atoms with Gasteiger partial charge in [-0.05, 0) is 13.0 Å². The molecule has 0 amide bonds. The zero-order chi connectivity index (χ0) is 25.2. The summed E-state index contributed by atoms with van der Waals surface area (Å²) in [6.45, 7) is -1.61. The first kappa shape index (κ1) is 28.0. The van der Waals surface area contributed by atoms with E-state index in [-0.39, 0.29) is 5.82 Å². The van der Waals surface area contributed by atoms with Crippen LogP contribution >= 0.6 is 15.2 Å². The van der Waals surface area contributed by atoms with E-state index in [1.54, 1.807) is 0 Å². The van der Waals surface area contributed by atoms with Crippen molar-refractivity contribution in [3.63, 3.8) is 0 Å². The fraction of sp³-hybridized carbons (Fsp3) is 0.733. The number of hydrogen-bond acceptors (Lipinski definition) is 13. The van der Waals surface area contributed by atoms with E-state index in [1.807, 2.05) is 0 Å². The number of aliphatic hydroxyl groups excluding tert-OH is 4. The fourth-order valence-electron chi connectivity index (χ4n) is 2.69. The lowest BCUT2D eigenvalue weighted by Gasteiger charge is -2.27. The van der Waals surface area contributed by atoms with Gasteiger partial charge in [0.2, 0.25) is 0 Å². The highest BCUT2D eigenvalue weighted by molar-refractivity contribution is 7.70. The predicted molar refractivity (Wildman–Crippen MR) is 109 cm³/mol. The van der Waals surface area contributed by atoms with E-state index in [0.717, 1.165) is 17.7 Å². The van der Waals surface area contributed by atoms with Crippen molar-refractivity contribution in [2.45, 2.75) is 43.2 Å². The molecular weight excluding hydrogens is 492 g/mol. The van der Waals surface area contributed by atoms with Crippen molar-refractivity contribution in [3.05, 3.63) is 22.7 Å². The molecule has 8 atom stereocenters. The summed E-state index contributed by atoms with van der Waals surface area (Å²) in [5.74, 6) is -1.50. The van der Waals surface area contributed by atoms with Crippen LogP contribution in [0.25, 0.3) is 0 Å². The van der Waals surface area contributed by atoms with Gasteiger partial charge in [-0.25, -0.2) is 4.79 Å². The predicted octanol–water partition coefficient (Wildman–Crippen LogP) is -3.09. The molecule has 1 saturated heterocycles. The van der Waals surface area contributed by atoms with Gasteiger partial charge >= 0.3 is 20.9 Å². The Labute approximate surface area is 186 Å². The van der Waals surface area contributed by atoms with Crippen LogP contribution in [0, 0.1) is 0 Å². The molecule has 0 bridgehead atoms. The molecule has 16 nitrogen and oxygen atoms in total. The van der Waals surface area contributed by atoms with E-state index >= 15 is 0 Å². The number of anilines is 1. The first-order chi connectivity index (χ1) is 15.1. The van der Waals surface area contributed by atoms with Crippen LogP contribution in [0.3, 0.4) is 0 Å². The third kappa shape index (κ3) is 7.36. The molecule has 2 rings (SSSR count). The van der Waals surface area contributed by atoms with Crippen LogP contribution in [0.1, 0.15) is 13.2 Å². The molecule has 0 saturated carbocycles. The zero-order valence-corrected chi connectivity index (χ0v) is 19.1. The lowest BCUT2D eigenvalue weighted by atomic mass is 10.0. The summed E-state index contributed by atoms with van der Waals surface area (Å²) in [6.07, 6.45) is -6.75. The highest BCUT2D eigenvalue weighted by Gasteiger charge is 2.46. The molecule has 0 spiro atoms. The van der Waals surface area contributed by atoms with Crippen LogP contribution in [0.5, 0.6) is 0 Å². The van der Waals surface area contributed by atoms with Gasteiger partial charge in [0, 0.05) is 6.20 Å². The van der Waals surface area contributed by atoms with Gasteiger partial charge in [0.1, 0.15) is 35.8 Å². The summed E-state index contributed by atoms with van der Waals surface area (Å²) in [7, 11) is -9.65. The maximum atomic E-state index is 12.2. The van der Waals surface area contributed by atoms with Gasteiger partial charge in [0.05, 0.1) is 19.8 Å². The Morgan fingerprint density at radius 3 is 2.45 bits per heavy atom. The van der Waals surface area contributed by atoms with E-state index in [9.17, 15) is 44.1 Å². The second kappa shape index (κ2) is 10.6. The van der Waals surface area contributed by atoms with Crippen LogP contribution in [-0.4, -0.2) is 101 Å². The molecule has 0 aromatic carbocycles. The van der Waals surface area contributed by atoms with Gasteiger partial charge in [0.15, 0.2) is 12.1 Å². The lowest BCUT2D eigenvalue weighted by Crippen LogP contribution is -2.45. The number of nitrogen functional groups attached to an aromatic ring is 1. The van der Waals surface area contributed by atoms with Crippen molar-refractivity contribution >= 4 is 21.0 Å². The summed E-state index contributed by atoms with van der Waals surface area (Å²) in [5.41, 5.74) is 2.45. The standard InChI is InChI=1S/C15H27N3O13P2/c1-15(24,6-19)9(20)5-30-33(27,28)7-32(25,26)29-4-8-11(21)12(22)13(31-8)18-3-2-10(16)17-14(18)23/h2-3,8-9,11-13,19-22,24H,4-7H2,1H3,(H,25,26)(H,27,28)(H2,16,17,23)/t8-,9-,11-,12-,13-,15+/m1/s1. The smallest absolute Gasteiger partial charge is 0.351 e. The normalized spacial score (nSPS) is 29.7. The van der Waals surface area contributed by atoms with Crippen molar-refractivity contribution in [2.75, 3.05) is 31.5 Å². The number of aliphatic hydroxyl groups is 5. The molecule has 9 N–H and O–H groups in total. The number of aromatic nitrogens is 2. The van der Waals surface area contributed by atoms with Crippen molar-refractivity contribution in [2.24, 2.45) is 0 Å². The Hall–Kier alpha value is -1.26. The monoisotopic (exact) mass is 519 g/mol. The SMILES string of the molecule is C[C@](O)(CO)[C@H](O)COP(=O)(O)CP(=O)(O)OC[C@H]1O[C@@H](n2ccc(N)nc2=O)[C@H](O)[C@@H]1O. The first-order valence-corrected chi connectivity index (χ1v) is 12.9. The van der Waals surface area contributed by atoms with Crippen molar-refractivity contribution in [1.29, 1.82) is 0 Å². The summed E-state index contributed by atoms with van der Waals surface area (Å²) >= 11 is 0. The molecule has 2 unspecified atom stereocenters. The van der Waals surface area contributed by atoms with Gasteiger partial charge in [0.25, 0.3) is 0 Å². The topological polar surface area (TPSA) is 264 Å². The number of rotatable bonds is 11. The molecule has 18 heteroatoms. The minimum atomic E-state index is -4.83. The van der Waals surface area contributed by atoms with Crippen LogP contribution in [0.2, 0.25) is 0 Å². The quantitative estimate of drug-likeness (QED) is 0.135. The summed E-state index contributed by atoms with van der Waals surface area (Å²) in [6, 6.07) is 1.24. The molecule has 1 aromatic heterocycles. The van der Waals surface area contributed by atoms with Gasteiger partial charge in [-0.15, -0.1) is 0 Å². The second-order valence-corrected chi connectivity index (χ2v) is 11.8. The Morgan fingerprint density at radius 2 is 1.88 bits per heavy atom. The van der Waals surface area contributed by atoms with E-state index in [1.165, 1.54) is 6.07 Å². The number of hydrogen-bond donors (Lipinski definition) is 8. The largest absolute Gasteiger partial charge is 0.393 e. The van der Waals surface area contributed by atoms with E-state index in [4.69, 9.17) is 20.1 Å².